The number of aromatic nitrogens is 4. The summed E-state index contributed by atoms with van der Waals surface area (Å²) in [6.45, 7) is 4.12. The van der Waals surface area contributed by atoms with Crippen LogP contribution in [0.5, 0.6) is 0 Å². The van der Waals surface area contributed by atoms with E-state index in [2.05, 4.69) is 15.2 Å². The van der Waals surface area contributed by atoms with Crippen molar-refractivity contribution in [2.45, 2.75) is 36.5 Å². The van der Waals surface area contributed by atoms with Crippen molar-refractivity contribution in [1.82, 2.24) is 19.7 Å². The number of nitrogens with zero attached hydrogens (tertiary/aromatic N) is 3. The first kappa shape index (κ1) is 12.8. The summed E-state index contributed by atoms with van der Waals surface area (Å²) in [5.41, 5.74) is 0.405. The zero-order valence-electron chi connectivity index (χ0n) is 10.1. The summed E-state index contributed by atoms with van der Waals surface area (Å²) >= 11 is 1.36. The van der Waals surface area contributed by atoms with E-state index in [1.807, 2.05) is 13.0 Å². The Kier molecular flexibility index (Phi) is 3.83. The minimum Gasteiger partial charge on any atom is -0.387 e. The molecule has 0 spiro atoms. The van der Waals surface area contributed by atoms with Crippen molar-refractivity contribution in [2.75, 3.05) is 0 Å². The predicted octanol–water partition coefficient (Wildman–Crippen LogP) is 1.19. The van der Waals surface area contributed by atoms with Crippen LogP contribution in [0, 0.1) is 0 Å². The van der Waals surface area contributed by atoms with E-state index in [0.29, 0.717) is 17.4 Å². The van der Waals surface area contributed by atoms with E-state index < -0.39 is 6.10 Å². The highest BCUT2D eigenvalue weighted by molar-refractivity contribution is 7.99. The summed E-state index contributed by atoms with van der Waals surface area (Å²) in [5.74, 6) is 0. The van der Waals surface area contributed by atoms with Gasteiger partial charge in [-0.1, -0.05) is 0 Å². The van der Waals surface area contributed by atoms with Crippen LogP contribution in [-0.2, 0) is 6.54 Å². The number of aliphatic hydroxyl groups excluding tert-OH is 1. The first-order chi connectivity index (χ1) is 8.61. The van der Waals surface area contributed by atoms with Crippen molar-refractivity contribution in [3.63, 3.8) is 0 Å². The summed E-state index contributed by atoms with van der Waals surface area (Å²) in [6, 6.07) is 3.60. The fourth-order valence-corrected chi connectivity index (χ4v) is 2.33. The Labute approximate surface area is 108 Å². The lowest BCUT2D eigenvalue weighted by molar-refractivity contribution is 0.194. The first-order valence-electron chi connectivity index (χ1n) is 5.59. The van der Waals surface area contributed by atoms with Crippen molar-refractivity contribution < 1.29 is 5.11 Å². The van der Waals surface area contributed by atoms with Crippen LogP contribution in [0.1, 0.15) is 25.6 Å². The van der Waals surface area contributed by atoms with Crippen LogP contribution in [0.15, 0.2) is 33.2 Å². The highest BCUT2D eigenvalue weighted by Gasteiger charge is 2.09. The van der Waals surface area contributed by atoms with Gasteiger partial charge >= 0.3 is 5.69 Å². The number of pyridine rings is 1. The summed E-state index contributed by atoms with van der Waals surface area (Å²) < 4.78 is 1.55. The molecule has 0 unspecified atom stereocenters. The van der Waals surface area contributed by atoms with E-state index >= 15 is 0 Å². The van der Waals surface area contributed by atoms with Crippen molar-refractivity contribution in [1.29, 1.82) is 0 Å². The van der Waals surface area contributed by atoms with Crippen molar-refractivity contribution in [3.8, 4) is 0 Å². The van der Waals surface area contributed by atoms with Gasteiger partial charge in [-0.2, -0.15) is 0 Å². The van der Waals surface area contributed by atoms with Crippen LogP contribution in [0.3, 0.4) is 0 Å². The van der Waals surface area contributed by atoms with Gasteiger partial charge in [0.15, 0.2) is 5.16 Å². The van der Waals surface area contributed by atoms with Gasteiger partial charge in [0, 0.05) is 17.6 Å². The van der Waals surface area contributed by atoms with Crippen LogP contribution in [0.2, 0.25) is 0 Å². The van der Waals surface area contributed by atoms with Gasteiger partial charge in [0.25, 0.3) is 0 Å². The summed E-state index contributed by atoms with van der Waals surface area (Å²) in [6.07, 6.45) is 1.08. The molecule has 2 N–H and O–H groups in total. The maximum Gasteiger partial charge on any atom is 0.343 e. The third-order valence-electron chi connectivity index (χ3n) is 2.44. The van der Waals surface area contributed by atoms with E-state index in [-0.39, 0.29) is 5.69 Å². The van der Waals surface area contributed by atoms with Crippen molar-refractivity contribution in [2.24, 2.45) is 0 Å². The zero-order chi connectivity index (χ0) is 13.1. The molecule has 2 aromatic rings. The van der Waals surface area contributed by atoms with Gasteiger partial charge in [-0.05, 0) is 37.7 Å². The third kappa shape index (κ3) is 2.62. The second-order valence-corrected chi connectivity index (χ2v) is 4.79. The molecule has 0 aliphatic heterocycles. The van der Waals surface area contributed by atoms with Gasteiger partial charge in [-0.25, -0.2) is 9.89 Å². The molecule has 0 fully saturated rings. The first-order valence-corrected chi connectivity index (χ1v) is 6.40. The number of rotatable bonds is 4. The fourth-order valence-electron chi connectivity index (χ4n) is 1.46. The van der Waals surface area contributed by atoms with Gasteiger partial charge < -0.3 is 5.11 Å². The van der Waals surface area contributed by atoms with Gasteiger partial charge in [0.2, 0.25) is 0 Å². The Hall–Kier alpha value is -1.60. The summed E-state index contributed by atoms with van der Waals surface area (Å²) in [7, 11) is 0. The Bertz CT molecular complexity index is 573. The standard InChI is InChI=1S/C11H14N4O2S/c1-3-15-10(17)13-14-11(15)18-8-4-5-9(7(2)16)12-6-8/h4-7,16H,3H2,1-2H3,(H,13,17)/t7-/m1/s1. The van der Waals surface area contributed by atoms with Crippen LogP contribution in [0.25, 0.3) is 0 Å². The molecule has 0 amide bonds. The predicted molar refractivity (Wildman–Crippen MR) is 67.5 cm³/mol. The van der Waals surface area contributed by atoms with E-state index in [9.17, 15) is 9.90 Å². The molecule has 0 aromatic carbocycles. The lowest BCUT2D eigenvalue weighted by atomic mass is 10.2. The molecule has 0 radical (unpaired) electrons. The largest absolute Gasteiger partial charge is 0.387 e. The molecule has 6 nitrogen and oxygen atoms in total. The molecule has 96 valence electrons. The number of aliphatic hydroxyl groups is 1. The average Bonchev–Trinajstić information content (AvgIpc) is 2.70. The van der Waals surface area contributed by atoms with Crippen LogP contribution < -0.4 is 5.69 Å². The van der Waals surface area contributed by atoms with Gasteiger partial charge in [0.1, 0.15) is 0 Å². The second-order valence-electron chi connectivity index (χ2n) is 3.75. The van der Waals surface area contributed by atoms with Crippen molar-refractivity contribution >= 4 is 11.8 Å². The van der Waals surface area contributed by atoms with Crippen LogP contribution in [0.4, 0.5) is 0 Å². The monoisotopic (exact) mass is 266 g/mol. The summed E-state index contributed by atoms with van der Waals surface area (Å²) in [5, 5.41) is 16.3. The lowest BCUT2D eigenvalue weighted by Crippen LogP contribution is -2.15. The molecule has 2 heterocycles. The second kappa shape index (κ2) is 5.36. The molecule has 0 bridgehead atoms. The highest BCUT2D eigenvalue weighted by Crippen LogP contribution is 2.24. The highest BCUT2D eigenvalue weighted by atomic mass is 32.2. The third-order valence-corrected chi connectivity index (χ3v) is 3.41. The Morgan fingerprint density at radius 1 is 1.56 bits per heavy atom. The topological polar surface area (TPSA) is 83.8 Å². The number of H-pyrrole nitrogens is 1. The number of aromatic amines is 1. The zero-order valence-corrected chi connectivity index (χ0v) is 10.9. The molecule has 0 aliphatic rings. The Morgan fingerprint density at radius 3 is 2.89 bits per heavy atom. The molecular formula is C11H14N4O2S. The maximum atomic E-state index is 11.4. The Balaban J connectivity index is 2.21. The quantitative estimate of drug-likeness (QED) is 0.868. The minimum atomic E-state index is -0.580. The number of hydrogen-bond donors (Lipinski definition) is 2. The lowest BCUT2D eigenvalue weighted by Gasteiger charge is -2.05. The normalized spacial score (nSPS) is 12.6. The maximum absolute atomic E-state index is 11.4. The number of hydrogen-bond acceptors (Lipinski definition) is 5. The SMILES string of the molecule is CCn1c(Sc2ccc([C@@H](C)O)nc2)n[nH]c1=O. The fraction of sp³-hybridized carbons (Fsp3) is 0.364. The molecule has 0 saturated carbocycles. The van der Waals surface area contributed by atoms with Gasteiger partial charge in [-0.15, -0.1) is 5.10 Å². The minimum absolute atomic E-state index is 0.214. The molecule has 2 rings (SSSR count). The van der Waals surface area contributed by atoms with Crippen LogP contribution >= 0.6 is 11.8 Å². The van der Waals surface area contributed by atoms with E-state index in [0.717, 1.165) is 4.90 Å². The molecule has 18 heavy (non-hydrogen) atoms. The molecular weight excluding hydrogens is 252 g/mol. The molecule has 1 atom stereocenters. The molecule has 2 aromatic heterocycles. The van der Waals surface area contributed by atoms with Crippen molar-refractivity contribution in [3.05, 3.63) is 34.5 Å². The summed E-state index contributed by atoms with van der Waals surface area (Å²) in [4.78, 5) is 16.4. The van der Waals surface area contributed by atoms with E-state index in [1.54, 1.807) is 23.8 Å². The number of nitrogens with one attached hydrogen (secondary N) is 1. The molecule has 0 saturated heterocycles. The smallest absolute Gasteiger partial charge is 0.343 e. The average molecular weight is 266 g/mol. The van der Waals surface area contributed by atoms with E-state index in [4.69, 9.17) is 0 Å². The van der Waals surface area contributed by atoms with Gasteiger partial charge in [-0.3, -0.25) is 9.55 Å². The van der Waals surface area contributed by atoms with E-state index in [1.165, 1.54) is 11.8 Å². The molecule has 0 aliphatic carbocycles. The van der Waals surface area contributed by atoms with Gasteiger partial charge in [0.05, 0.1) is 11.8 Å². The van der Waals surface area contributed by atoms with Crippen LogP contribution in [-0.4, -0.2) is 24.9 Å². The Morgan fingerprint density at radius 2 is 2.33 bits per heavy atom. The molecule has 7 heteroatoms.